The number of amides is 6. The Kier molecular flexibility index (Phi) is 26.9. The Morgan fingerprint density at radius 3 is 1.54 bits per heavy atom. The van der Waals surface area contributed by atoms with Gasteiger partial charge >= 0.3 is 41.9 Å². The molecule has 1 aromatic rings. The number of carbonyl (C=O) groups excluding carboxylic acids is 6. The van der Waals surface area contributed by atoms with Crippen LogP contribution in [0.4, 0.5) is 4.79 Å². The zero-order valence-electron chi connectivity index (χ0n) is 35.3. The smallest absolute Gasteiger partial charge is 0.426 e. The van der Waals surface area contributed by atoms with Gasteiger partial charge in [-0.1, -0.05) is 51.9 Å². The van der Waals surface area contributed by atoms with Gasteiger partial charge in [-0.05, 0) is 37.0 Å². The van der Waals surface area contributed by atoms with Gasteiger partial charge in [-0.2, -0.15) is 0 Å². The molecule has 0 bridgehead atoms. The highest BCUT2D eigenvalue weighted by atomic mass is 33.1. The van der Waals surface area contributed by atoms with E-state index in [-0.39, 0.29) is 24.5 Å². The molecule has 30 heteroatoms. The van der Waals surface area contributed by atoms with Crippen molar-refractivity contribution in [2.45, 2.75) is 94.5 Å². The second kappa shape index (κ2) is 31.1. The minimum atomic E-state index is -1.86. The maximum absolute atomic E-state index is 13.5. The molecule has 6 amide bonds. The first-order chi connectivity index (χ1) is 31.5. The molecule has 0 fully saturated rings. The average Bonchev–Trinajstić information content (AvgIpc) is 3.24. The van der Waals surface area contributed by atoms with Crippen LogP contribution in [0.5, 0.6) is 0 Å². The van der Waals surface area contributed by atoms with Gasteiger partial charge in [0.25, 0.3) is 0 Å². The number of hydrogen-bond donors (Lipinski definition) is 14. The van der Waals surface area contributed by atoms with E-state index < -0.39 is 158 Å². The number of hydrazine groups is 1. The Morgan fingerprint density at radius 2 is 1.04 bits per heavy atom. The molecular weight excluding hydrogens is 957 g/mol. The van der Waals surface area contributed by atoms with Crippen molar-refractivity contribution in [2.24, 2.45) is 0 Å². The van der Waals surface area contributed by atoms with Gasteiger partial charge in [0.1, 0.15) is 42.9 Å². The fraction of sp³-hybridized carbons (Fsp3) is 0.486. The van der Waals surface area contributed by atoms with Crippen LogP contribution in [-0.2, 0) is 63.9 Å². The Bertz CT molecular complexity index is 1960. The predicted octanol–water partition coefficient (Wildman–Crippen LogP) is -2.23. The van der Waals surface area contributed by atoms with Crippen LogP contribution in [0.2, 0.25) is 0 Å². The van der Waals surface area contributed by atoms with Gasteiger partial charge in [-0.15, -0.1) is 0 Å². The number of aliphatic carboxylic acids is 6. The molecule has 0 saturated heterocycles. The fourth-order valence-electron chi connectivity index (χ4n) is 5.16. The Morgan fingerprint density at radius 1 is 0.567 bits per heavy atom. The first-order valence-corrected chi connectivity index (χ1v) is 22.5. The van der Waals surface area contributed by atoms with E-state index in [4.69, 9.17) is 22.1 Å². The molecule has 0 aromatic heterocycles. The lowest BCUT2D eigenvalue weighted by atomic mass is 10.0. The summed E-state index contributed by atoms with van der Waals surface area (Å²) in [6.45, 7) is 1.03. The van der Waals surface area contributed by atoms with E-state index >= 15 is 0 Å². The van der Waals surface area contributed by atoms with Gasteiger partial charge in [-0.25, -0.2) is 29.4 Å². The SMILES string of the molecule is CC(=O)NNC(=O)OCCSSC[C@@H](NC(=O)[C@@H](Cc1ccccc1)NC(=O)[C@H](CC(=O)O)NC(=O)CC[C@H](NC(=O)CC[C@H](NC(=S)N[C@@H](CCC(=O)O)C(=O)O)C(=O)O)C(=O)O)C(=O)O. The molecule has 370 valence electrons. The molecule has 1 aromatic carbocycles. The maximum atomic E-state index is 13.5. The van der Waals surface area contributed by atoms with Gasteiger partial charge in [0.15, 0.2) is 5.11 Å². The molecule has 0 spiro atoms. The summed E-state index contributed by atoms with van der Waals surface area (Å²) in [7, 11) is 2.08. The van der Waals surface area contributed by atoms with E-state index in [2.05, 4.69) is 31.9 Å². The summed E-state index contributed by atoms with van der Waals surface area (Å²) in [6, 6.07) is -1.72. The second-order valence-electron chi connectivity index (χ2n) is 13.8. The van der Waals surface area contributed by atoms with Crippen LogP contribution in [0.1, 0.15) is 57.4 Å². The highest BCUT2D eigenvalue weighted by Crippen LogP contribution is 2.22. The largest absolute Gasteiger partial charge is 0.481 e. The van der Waals surface area contributed by atoms with Crippen LogP contribution >= 0.6 is 33.8 Å². The lowest BCUT2D eigenvalue weighted by molar-refractivity contribution is -0.143. The van der Waals surface area contributed by atoms with E-state index in [0.29, 0.717) is 5.56 Å². The van der Waals surface area contributed by atoms with Crippen LogP contribution in [0, 0.1) is 0 Å². The number of hydrogen-bond acceptors (Lipinski definition) is 16. The van der Waals surface area contributed by atoms with Gasteiger partial charge in [0.05, 0.1) is 6.42 Å². The summed E-state index contributed by atoms with van der Waals surface area (Å²) >= 11 is 4.93. The first kappa shape index (κ1) is 58.1. The molecule has 0 unspecified atom stereocenters. The minimum absolute atomic E-state index is 0.129. The van der Waals surface area contributed by atoms with Crippen LogP contribution in [-0.4, -0.2) is 162 Å². The van der Waals surface area contributed by atoms with Gasteiger partial charge in [0, 0.05) is 44.1 Å². The molecule has 14 N–H and O–H groups in total. The molecular formula is C37H50N8O19S3. The second-order valence-corrected chi connectivity index (χ2v) is 16.8. The summed E-state index contributed by atoms with van der Waals surface area (Å²) in [4.78, 5) is 145. The standard InChI is InChI=1S/C37H50N8O19S3/c1-18(46)44-45-37(63)64-13-14-66-67-17-25(35(61)62)41-30(53)23(15-19-5-3-2-4-6-19)40-31(54)24(16-29(51)52)39-27(48)10-7-20(32(55)56)38-26(47)11-8-21(33(57)58)42-36(65)43-22(34(59)60)9-12-28(49)50/h2-6,20-25H,7-17H2,1H3,(H,38,47)(H,39,48)(H,40,54)(H,41,53)(H,44,46)(H,45,63)(H,49,50)(H,51,52)(H,55,56)(H,57,58)(H,59,60)(H,61,62)(H2,42,43,65)/t20-,21-,22-,23+,24-,25+/m0/s1. The van der Waals surface area contributed by atoms with E-state index in [0.717, 1.165) is 28.5 Å². The molecule has 0 radical (unpaired) electrons. The van der Waals surface area contributed by atoms with Gasteiger partial charge in [0.2, 0.25) is 29.5 Å². The number of benzene rings is 1. The third-order valence-electron chi connectivity index (χ3n) is 8.43. The molecule has 0 aliphatic carbocycles. The molecule has 67 heavy (non-hydrogen) atoms. The molecule has 27 nitrogen and oxygen atoms in total. The average molecular weight is 1010 g/mol. The van der Waals surface area contributed by atoms with Gasteiger partial charge < -0.3 is 67.3 Å². The third kappa shape index (κ3) is 26.0. The normalized spacial score (nSPS) is 13.2. The van der Waals surface area contributed by atoms with E-state index in [1.807, 2.05) is 10.9 Å². The van der Waals surface area contributed by atoms with Crippen LogP contribution < -0.4 is 42.8 Å². The third-order valence-corrected chi connectivity index (χ3v) is 11.0. The number of rotatable bonds is 31. The number of thiocarbonyl (C=S) groups is 1. The summed E-state index contributed by atoms with van der Waals surface area (Å²) in [5.41, 5.74) is 4.49. The first-order valence-electron chi connectivity index (χ1n) is 19.6. The summed E-state index contributed by atoms with van der Waals surface area (Å²) in [5.74, 6) is -13.8. The minimum Gasteiger partial charge on any atom is -0.481 e. The monoisotopic (exact) mass is 1010 g/mol. The van der Waals surface area contributed by atoms with Gasteiger partial charge in [-0.3, -0.25) is 39.0 Å². The molecule has 6 atom stereocenters. The molecule has 0 aliphatic heterocycles. The summed E-state index contributed by atoms with van der Waals surface area (Å²) in [5, 5.41) is 69.7. The number of carbonyl (C=O) groups is 12. The van der Waals surface area contributed by atoms with E-state index in [9.17, 15) is 83.1 Å². The zero-order chi connectivity index (χ0) is 50.6. The highest BCUT2D eigenvalue weighted by molar-refractivity contribution is 8.76. The molecule has 0 aliphatic rings. The van der Waals surface area contributed by atoms with E-state index in [1.54, 1.807) is 30.3 Å². The van der Waals surface area contributed by atoms with Crippen LogP contribution in [0.3, 0.4) is 0 Å². The Hall–Kier alpha value is -6.95. The van der Waals surface area contributed by atoms with Crippen molar-refractivity contribution in [3.63, 3.8) is 0 Å². The predicted molar refractivity (Wildman–Crippen MR) is 236 cm³/mol. The van der Waals surface area contributed by atoms with Crippen LogP contribution in [0.15, 0.2) is 30.3 Å². The van der Waals surface area contributed by atoms with Crippen molar-refractivity contribution in [1.82, 2.24) is 42.8 Å². The van der Waals surface area contributed by atoms with Crippen molar-refractivity contribution in [1.29, 1.82) is 0 Å². The topological polar surface area (TPSA) is 432 Å². The molecule has 0 heterocycles. The Labute approximate surface area is 393 Å². The van der Waals surface area contributed by atoms with Crippen molar-refractivity contribution in [3.8, 4) is 0 Å². The summed E-state index contributed by atoms with van der Waals surface area (Å²) in [6.07, 6.45) is -5.65. The fourth-order valence-corrected chi connectivity index (χ4v) is 7.43. The quantitative estimate of drug-likeness (QED) is 0.0162. The van der Waals surface area contributed by atoms with Crippen molar-refractivity contribution in [3.05, 3.63) is 35.9 Å². The number of carboxylic acids is 6. The van der Waals surface area contributed by atoms with Crippen molar-refractivity contribution >= 4 is 110 Å². The number of nitrogens with one attached hydrogen (secondary N) is 8. The van der Waals surface area contributed by atoms with E-state index in [1.165, 1.54) is 0 Å². The molecule has 0 saturated carbocycles. The zero-order valence-corrected chi connectivity index (χ0v) is 37.8. The lowest BCUT2D eigenvalue weighted by Crippen LogP contribution is -2.57. The Balaban J connectivity index is 2.95. The molecule has 1 rings (SSSR count). The lowest BCUT2D eigenvalue weighted by Gasteiger charge is -2.24. The summed E-state index contributed by atoms with van der Waals surface area (Å²) < 4.78 is 4.83. The number of carboxylic acid groups (broad SMARTS) is 6. The number of ether oxygens (including phenoxy) is 1. The highest BCUT2D eigenvalue weighted by Gasteiger charge is 2.32. The van der Waals surface area contributed by atoms with Crippen LogP contribution in [0.25, 0.3) is 0 Å². The maximum Gasteiger partial charge on any atom is 0.426 e. The van der Waals surface area contributed by atoms with Crippen molar-refractivity contribution in [2.75, 3.05) is 18.1 Å². The van der Waals surface area contributed by atoms with Crippen molar-refractivity contribution < 1.29 is 92.9 Å².